The number of nitrogens with zero attached hydrogens (tertiary/aromatic N) is 2. The number of anilines is 1. The van der Waals surface area contributed by atoms with Crippen molar-refractivity contribution in [3.8, 4) is 0 Å². The van der Waals surface area contributed by atoms with Gasteiger partial charge >= 0.3 is 5.97 Å². The first-order valence-electron chi connectivity index (χ1n) is 8.68. The van der Waals surface area contributed by atoms with Crippen LogP contribution in [0.1, 0.15) is 36.6 Å². The Morgan fingerprint density at radius 2 is 2.07 bits per heavy atom. The van der Waals surface area contributed by atoms with E-state index in [2.05, 4.69) is 10.3 Å². The van der Waals surface area contributed by atoms with Crippen LogP contribution >= 0.6 is 11.3 Å². The van der Waals surface area contributed by atoms with E-state index in [1.165, 1.54) is 11.3 Å². The number of rotatable bonds is 5. The summed E-state index contributed by atoms with van der Waals surface area (Å²) in [6.07, 6.45) is 0.0720. The SMILES string of the molecule is CC(C)C(=O)Nc1nc(CC(=O)N2Cc3ccccc3C(C(=O)O)C2)cs1. The van der Waals surface area contributed by atoms with Gasteiger partial charge in [-0.3, -0.25) is 14.4 Å². The molecule has 0 bridgehead atoms. The molecule has 7 nitrogen and oxygen atoms in total. The predicted molar refractivity (Wildman–Crippen MR) is 102 cm³/mol. The molecule has 0 radical (unpaired) electrons. The summed E-state index contributed by atoms with van der Waals surface area (Å²) in [5.41, 5.74) is 2.18. The topological polar surface area (TPSA) is 99.6 Å². The lowest BCUT2D eigenvalue weighted by Crippen LogP contribution is -2.41. The molecule has 0 aliphatic carbocycles. The van der Waals surface area contributed by atoms with Gasteiger partial charge in [0.1, 0.15) is 0 Å². The highest BCUT2D eigenvalue weighted by Gasteiger charge is 2.32. The lowest BCUT2D eigenvalue weighted by Gasteiger charge is -2.32. The molecule has 1 atom stereocenters. The molecule has 0 saturated heterocycles. The number of hydrogen-bond acceptors (Lipinski definition) is 5. The molecule has 142 valence electrons. The molecule has 3 rings (SSSR count). The van der Waals surface area contributed by atoms with Crippen molar-refractivity contribution in [2.24, 2.45) is 5.92 Å². The van der Waals surface area contributed by atoms with Crippen LogP contribution in [0.15, 0.2) is 29.6 Å². The second-order valence-corrected chi connectivity index (χ2v) is 7.69. The fraction of sp³-hybridized carbons (Fsp3) is 0.368. The molecule has 2 aromatic rings. The van der Waals surface area contributed by atoms with E-state index in [0.29, 0.717) is 17.4 Å². The number of amides is 2. The third-order valence-electron chi connectivity index (χ3n) is 4.48. The van der Waals surface area contributed by atoms with Crippen molar-refractivity contribution in [2.75, 3.05) is 11.9 Å². The minimum absolute atomic E-state index is 0.0720. The standard InChI is InChI=1S/C19H21N3O4S/c1-11(2)17(24)21-19-20-13(10-27-19)7-16(23)22-8-12-5-3-4-6-14(12)15(9-22)18(25)26/h3-6,10-11,15H,7-9H2,1-2H3,(H,25,26)(H,20,21,24). The zero-order chi connectivity index (χ0) is 19.6. The van der Waals surface area contributed by atoms with Gasteiger partial charge in [-0.25, -0.2) is 4.98 Å². The number of aromatic nitrogens is 1. The van der Waals surface area contributed by atoms with Crippen molar-refractivity contribution in [3.63, 3.8) is 0 Å². The third kappa shape index (κ3) is 4.33. The highest BCUT2D eigenvalue weighted by atomic mass is 32.1. The second kappa shape index (κ2) is 7.87. The summed E-state index contributed by atoms with van der Waals surface area (Å²) in [7, 11) is 0. The highest BCUT2D eigenvalue weighted by molar-refractivity contribution is 7.13. The van der Waals surface area contributed by atoms with Crippen LogP contribution in [0.4, 0.5) is 5.13 Å². The van der Waals surface area contributed by atoms with Gasteiger partial charge in [0.25, 0.3) is 0 Å². The van der Waals surface area contributed by atoms with E-state index in [4.69, 9.17) is 0 Å². The van der Waals surface area contributed by atoms with Gasteiger partial charge in [0, 0.05) is 24.4 Å². The molecule has 1 aliphatic rings. The molecule has 0 saturated carbocycles. The van der Waals surface area contributed by atoms with Crippen LogP contribution in [0.3, 0.4) is 0 Å². The molecule has 1 aliphatic heterocycles. The number of benzene rings is 1. The zero-order valence-electron chi connectivity index (χ0n) is 15.1. The van der Waals surface area contributed by atoms with Crippen molar-refractivity contribution in [1.29, 1.82) is 0 Å². The summed E-state index contributed by atoms with van der Waals surface area (Å²) in [5, 5.41) is 14.4. The molecule has 1 aromatic carbocycles. The Hall–Kier alpha value is -2.74. The Balaban J connectivity index is 1.69. The maximum Gasteiger partial charge on any atom is 0.312 e. The summed E-state index contributed by atoms with van der Waals surface area (Å²) in [6.45, 7) is 4.12. The van der Waals surface area contributed by atoms with E-state index >= 15 is 0 Å². The van der Waals surface area contributed by atoms with Gasteiger partial charge in [-0.2, -0.15) is 0 Å². The van der Waals surface area contributed by atoms with Crippen molar-refractivity contribution in [3.05, 3.63) is 46.5 Å². The molecule has 2 N–H and O–H groups in total. The maximum absolute atomic E-state index is 12.7. The van der Waals surface area contributed by atoms with Crippen LogP contribution in [0.25, 0.3) is 0 Å². The number of carbonyl (C=O) groups excluding carboxylic acids is 2. The molecule has 8 heteroatoms. The summed E-state index contributed by atoms with van der Waals surface area (Å²) in [6, 6.07) is 7.32. The number of hydrogen-bond donors (Lipinski definition) is 2. The molecule has 2 heterocycles. The number of carboxylic acids is 1. The average molecular weight is 387 g/mol. The monoisotopic (exact) mass is 387 g/mol. The summed E-state index contributed by atoms with van der Waals surface area (Å²) in [4.78, 5) is 41.9. The first-order chi connectivity index (χ1) is 12.8. The maximum atomic E-state index is 12.7. The van der Waals surface area contributed by atoms with E-state index < -0.39 is 11.9 Å². The van der Waals surface area contributed by atoms with Gasteiger partial charge in [-0.1, -0.05) is 38.1 Å². The summed E-state index contributed by atoms with van der Waals surface area (Å²) < 4.78 is 0. The normalized spacial score (nSPS) is 16.1. The molecule has 1 unspecified atom stereocenters. The Kier molecular flexibility index (Phi) is 5.55. The quantitative estimate of drug-likeness (QED) is 0.821. The van der Waals surface area contributed by atoms with Gasteiger partial charge < -0.3 is 15.3 Å². The zero-order valence-corrected chi connectivity index (χ0v) is 16.0. The van der Waals surface area contributed by atoms with Gasteiger partial charge in [0.05, 0.1) is 18.0 Å². The Labute approximate surface area is 161 Å². The molecule has 1 aromatic heterocycles. The van der Waals surface area contributed by atoms with E-state index in [1.54, 1.807) is 30.2 Å². The molecule has 0 spiro atoms. The number of carboxylic acid groups (broad SMARTS) is 1. The fourth-order valence-electron chi connectivity index (χ4n) is 2.97. The van der Waals surface area contributed by atoms with Crippen LogP contribution < -0.4 is 5.32 Å². The van der Waals surface area contributed by atoms with Crippen LogP contribution in [0, 0.1) is 5.92 Å². The minimum atomic E-state index is -0.938. The number of carbonyl (C=O) groups is 3. The molecular weight excluding hydrogens is 366 g/mol. The van der Waals surface area contributed by atoms with E-state index in [0.717, 1.165) is 11.1 Å². The minimum Gasteiger partial charge on any atom is -0.481 e. The van der Waals surface area contributed by atoms with Crippen molar-refractivity contribution < 1.29 is 19.5 Å². The first kappa shape index (κ1) is 19.0. The third-order valence-corrected chi connectivity index (χ3v) is 5.29. The summed E-state index contributed by atoms with van der Waals surface area (Å²) >= 11 is 1.27. The predicted octanol–water partition coefficient (Wildman–Crippen LogP) is 2.49. The van der Waals surface area contributed by atoms with Crippen LogP contribution in [0.5, 0.6) is 0 Å². The van der Waals surface area contributed by atoms with Crippen molar-refractivity contribution >= 4 is 34.3 Å². The number of aliphatic carboxylic acids is 1. The lowest BCUT2D eigenvalue weighted by atomic mass is 9.89. The van der Waals surface area contributed by atoms with Gasteiger partial charge in [0.15, 0.2) is 5.13 Å². The lowest BCUT2D eigenvalue weighted by molar-refractivity contribution is -0.141. The molecular formula is C19H21N3O4S. The molecule has 27 heavy (non-hydrogen) atoms. The number of nitrogens with one attached hydrogen (secondary N) is 1. The average Bonchev–Trinajstić information content (AvgIpc) is 3.07. The second-order valence-electron chi connectivity index (χ2n) is 6.83. The van der Waals surface area contributed by atoms with Gasteiger partial charge in [-0.05, 0) is 11.1 Å². The fourth-order valence-corrected chi connectivity index (χ4v) is 3.68. The van der Waals surface area contributed by atoms with Gasteiger partial charge in [-0.15, -0.1) is 11.3 Å². The van der Waals surface area contributed by atoms with Gasteiger partial charge in [0.2, 0.25) is 11.8 Å². The van der Waals surface area contributed by atoms with E-state index in [9.17, 15) is 19.5 Å². The van der Waals surface area contributed by atoms with E-state index in [-0.39, 0.29) is 30.7 Å². The highest BCUT2D eigenvalue weighted by Crippen LogP contribution is 2.29. The first-order valence-corrected chi connectivity index (χ1v) is 9.56. The smallest absolute Gasteiger partial charge is 0.312 e. The van der Waals surface area contributed by atoms with Crippen LogP contribution in [0.2, 0.25) is 0 Å². The molecule has 2 amide bonds. The van der Waals surface area contributed by atoms with Crippen molar-refractivity contribution in [2.45, 2.75) is 32.7 Å². The molecule has 0 fully saturated rings. The van der Waals surface area contributed by atoms with Crippen LogP contribution in [-0.4, -0.2) is 39.3 Å². The Morgan fingerprint density at radius 3 is 2.78 bits per heavy atom. The number of fused-ring (bicyclic) bond motifs is 1. The largest absolute Gasteiger partial charge is 0.481 e. The Bertz CT molecular complexity index is 877. The van der Waals surface area contributed by atoms with Crippen molar-refractivity contribution in [1.82, 2.24) is 9.88 Å². The van der Waals surface area contributed by atoms with E-state index in [1.807, 2.05) is 18.2 Å². The Morgan fingerprint density at radius 1 is 1.33 bits per heavy atom. The number of thiazole rings is 1. The van der Waals surface area contributed by atoms with Crippen LogP contribution in [-0.2, 0) is 27.3 Å². The summed E-state index contributed by atoms with van der Waals surface area (Å²) in [5.74, 6) is -2.12.